The number of fused-ring (bicyclic) bond motifs is 3. The highest BCUT2D eigenvalue weighted by atomic mass is 19.1. The molecule has 7 nitrogen and oxygen atoms in total. The van der Waals surface area contributed by atoms with Crippen molar-refractivity contribution in [2.45, 2.75) is 56.8 Å². The summed E-state index contributed by atoms with van der Waals surface area (Å²) in [5.41, 5.74) is -0.256. The monoisotopic (exact) mass is 550 g/mol. The fourth-order valence-corrected chi connectivity index (χ4v) is 6.08. The van der Waals surface area contributed by atoms with Gasteiger partial charge >= 0.3 is 6.03 Å². The molecular weight excluding hydrogens is 511 g/mol. The third-order valence-corrected chi connectivity index (χ3v) is 7.93. The van der Waals surface area contributed by atoms with E-state index in [2.05, 4.69) is 12.2 Å². The van der Waals surface area contributed by atoms with Crippen LogP contribution in [-0.2, 0) is 17.6 Å². The fraction of sp³-hybridized carbons (Fsp3) is 0.406. The number of amides is 2. The second kappa shape index (κ2) is 11.4. The molecule has 2 amide bonds. The molecule has 4 atom stereocenters. The van der Waals surface area contributed by atoms with Crippen LogP contribution in [0.25, 0.3) is 0 Å². The number of aryl methyl sites for hydroxylation is 1. The van der Waals surface area contributed by atoms with E-state index >= 15 is 0 Å². The molecular formula is C32H39FN2O5. The molecule has 1 heterocycles. The quantitative estimate of drug-likeness (QED) is 0.410. The van der Waals surface area contributed by atoms with Crippen molar-refractivity contribution in [3.05, 3.63) is 88.7 Å². The minimum absolute atomic E-state index is 0.295. The SMILES string of the molecule is CC.CCc1ccc(C23Oc4cc(OC)cc(OC)c4C2(O)C(NC(=O)N(C)C)CC3c2cccc(F)c2)cc1. The van der Waals surface area contributed by atoms with Gasteiger partial charge in [0, 0.05) is 32.1 Å². The van der Waals surface area contributed by atoms with Crippen molar-refractivity contribution < 1.29 is 28.5 Å². The largest absolute Gasteiger partial charge is 0.496 e. The standard InChI is InChI=1S/C30H33FN2O5.C2H6/c1-6-18-10-12-20(13-11-18)30-23(19-8-7-9-21(31)14-19)17-26(32-28(34)33(2)3)29(30,35)27-24(37-5)15-22(36-4)16-25(27)38-30;1-2/h7-16,23,26,35H,6,17H2,1-5H3,(H,32,34);1-2H3. The number of hydrogen-bond donors (Lipinski definition) is 2. The molecule has 214 valence electrons. The number of halogens is 1. The Hall–Kier alpha value is -3.78. The number of methoxy groups -OCH3 is 2. The van der Waals surface area contributed by atoms with E-state index in [0.717, 1.165) is 12.0 Å². The molecule has 0 saturated heterocycles. The highest BCUT2D eigenvalue weighted by molar-refractivity contribution is 5.75. The second-order valence-corrected chi connectivity index (χ2v) is 10.1. The Labute approximate surface area is 235 Å². The van der Waals surface area contributed by atoms with E-state index in [1.807, 2.05) is 44.2 Å². The molecule has 2 aliphatic rings. The van der Waals surface area contributed by atoms with Gasteiger partial charge in [0.25, 0.3) is 0 Å². The Bertz CT molecular complexity index is 1360. The van der Waals surface area contributed by atoms with Crippen LogP contribution in [0.4, 0.5) is 9.18 Å². The van der Waals surface area contributed by atoms with Crippen LogP contribution >= 0.6 is 0 Å². The zero-order chi connectivity index (χ0) is 29.2. The van der Waals surface area contributed by atoms with Crippen molar-refractivity contribution in [2.75, 3.05) is 28.3 Å². The number of nitrogens with one attached hydrogen (secondary N) is 1. The van der Waals surface area contributed by atoms with E-state index in [1.165, 1.54) is 24.1 Å². The predicted molar refractivity (Wildman–Crippen MR) is 153 cm³/mol. The van der Waals surface area contributed by atoms with Gasteiger partial charge in [-0.1, -0.05) is 57.2 Å². The van der Waals surface area contributed by atoms with Crippen LogP contribution in [0.1, 0.15) is 55.4 Å². The highest BCUT2D eigenvalue weighted by Gasteiger charge is 2.74. The summed E-state index contributed by atoms with van der Waals surface area (Å²) >= 11 is 0. The smallest absolute Gasteiger partial charge is 0.317 e. The molecule has 3 aromatic rings. The molecule has 8 heteroatoms. The Morgan fingerprint density at radius 2 is 1.80 bits per heavy atom. The van der Waals surface area contributed by atoms with E-state index in [-0.39, 0.29) is 6.03 Å². The molecule has 1 aliphatic heterocycles. The lowest BCUT2D eigenvalue weighted by Crippen LogP contribution is -2.57. The summed E-state index contributed by atoms with van der Waals surface area (Å²) in [5, 5.41) is 16.0. The zero-order valence-electron chi connectivity index (χ0n) is 24.2. The predicted octanol–water partition coefficient (Wildman–Crippen LogP) is 5.73. The Morgan fingerprint density at radius 3 is 2.38 bits per heavy atom. The lowest BCUT2D eigenvalue weighted by molar-refractivity contribution is -0.116. The molecule has 1 saturated carbocycles. The number of carbonyl (C=O) groups is 1. The highest BCUT2D eigenvalue weighted by Crippen LogP contribution is 2.68. The molecule has 3 aromatic carbocycles. The molecule has 0 aromatic heterocycles. The average Bonchev–Trinajstić information content (AvgIpc) is 3.38. The van der Waals surface area contributed by atoms with Crippen LogP contribution in [0.2, 0.25) is 0 Å². The van der Waals surface area contributed by atoms with Crippen molar-refractivity contribution in [3.8, 4) is 17.2 Å². The molecule has 0 radical (unpaired) electrons. The maximum atomic E-state index is 14.6. The number of rotatable bonds is 6. The summed E-state index contributed by atoms with van der Waals surface area (Å²) in [6.07, 6.45) is 1.14. The third kappa shape index (κ3) is 4.44. The number of hydrogen-bond acceptors (Lipinski definition) is 5. The normalized spacial score (nSPS) is 24.1. The first kappa shape index (κ1) is 29.2. The number of benzene rings is 3. The molecule has 5 rings (SSSR count). The van der Waals surface area contributed by atoms with Gasteiger partial charge in [0.15, 0.2) is 11.2 Å². The molecule has 1 aliphatic carbocycles. The summed E-state index contributed by atoms with van der Waals surface area (Å²) in [6.45, 7) is 6.07. The van der Waals surface area contributed by atoms with Crippen LogP contribution in [0.3, 0.4) is 0 Å². The molecule has 2 N–H and O–H groups in total. The minimum atomic E-state index is -1.77. The van der Waals surface area contributed by atoms with Crippen LogP contribution < -0.4 is 19.5 Å². The van der Waals surface area contributed by atoms with Gasteiger partial charge in [0.1, 0.15) is 23.1 Å². The topological polar surface area (TPSA) is 80.3 Å². The van der Waals surface area contributed by atoms with E-state index in [4.69, 9.17) is 14.2 Å². The first-order valence-corrected chi connectivity index (χ1v) is 13.7. The molecule has 0 spiro atoms. The Kier molecular flexibility index (Phi) is 8.30. The van der Waals surface area contributed by atoms with Gasteiger partial charge in [-0.05, 0) is 41.7 Å². The van der Waals surface area contributed by atoms with Crippen molar-refractivity contribution in [1.82, 2.24) is 10.2 Å². The van der Waals surface area contributed by atoms with Gasteiger partial charge < -0.3 is 29.5 Å². The molecule has 1 fully saturated rings. The first-order chi connectivity index (χ1) is 19.2. The summed E-state index contributed by atoms with van der Waals surface area (Å²) in [6, 6.07) is 16.5. The summed E-state index contributed by atoms with van der Waals surface area (Å²) in [5.74, 6) is 0.340. The van der Waals surface area contributed by atoms with E-state index < -0.39 is 29.0 Å². The van der Waals surface area contributed by atoms with Gasteiger partial charge in [-0.3, -0.25) is 0 Å². The minimum Gasteiger partial charge on any atom is -0.496 e. The first-order valence-electron chi connectivity index (χ1n) is 13.7. The zero-order valence-corrected chi connectivity index (χ0v) is 24.2. The summed E-state index contributed by atoms with van der Waals surface area (Å²) < 4.78 is 32.6. The van der Waals surface area contributed by atoms with Crippen molar-refractivity contribution in [2.24, 2.45) is 0 Å². The van der Waals surface area contributed by atoms with Crippen LogP contribution in [0.15, 0.2) is 60.7 Å². The van der Waals surface area contributed by atoms with Crippen molar-refractivity contribution >= 4 is 6.03 Å². The average molecular weight is 551 g/mol. The van der Waals surface area contributed by atoms with E-state index in [0.29, 0.717) is 40.4 Å². The van der Waals surface area contributed by atoms with Gasteiger partial charge in [0.05, 0.1) is 25.8 Å². The van der Waals surface area contributed by atoms with Gasteiger partial charge in [-0.25, -0.2) is 9.18 Å². The number of nitrogens with zero attached hydrogens (tertiary/aromatic N) is 1. The van der Waals surface area contributed by atoms with Crippen molar-refractivity contribution in [3.63, 3.8) is 0 Å². The van der Waals surface area contributed by atoms with Gasteiger partial charge in [0.2, 0.25) is 0 Å². The van der Waals surface area contributed by atoms with E-state index in [1.54, 1.807) is 39.4 Å². The van der Waals surface area contributed by atoms with Gasteiger partial charge in [-0.2, -0.15) is 0 Å². The number of ether oxygens (including phenoxy) is 3. The number of carbonyl (C=O) groups excluding carboxylic acids is 1. The third-order valence-electron chi connectivity index (χ3n) is 7.93. The Morgan fingerprint density at radius 1 is 1.10 bits per heavy atom. The van der Waals surface area contributed by atoms with Gasteiger partial charge in [-0.15, -0.1) is 0 Å². The number of aliphatic hydroxyl groups is 1. The maximum Gasteiger partial charge on any atom is 0.317 e. The van der Waals surface area contributed by atoms with Crippen LogP contribution in [0.5, 0.6) is 17.2 Å². The van der Waals surface area contributed by atoms with Crippen LogP contribution in [-0.4, -0.2) is 50.4 Å². The maximum absolute atomic E-state index is 14.6. The molecule has 4 unspecified atom stereocenters. The summed E-state index contributed by atoms with van der Waals surface area (Å²) in [7, 11) is 6.33. The van der Waals surface area contributed by atoms with E-state index in [9.17, 15) is 14.3 Å². The molecule has 0 bridgehead atoms. The summed E-state index contributed by atoms with van der Waals surface area (Å²) in [4.78, 5) is 14.4. The lowest BCUT2D eigenvalue weighted by atomic mass is 9.70. The second-order valence-electron chi connectivity index (χ2n) is 10.1. The fourth-order valence-electron chi connectivity index (χ4n) is 6.08. The van der Waals surface area contributed by atoms with Crippen LogP contribution in [0, 0.1) is 5.82 Å². The molecule has 40 heavy (non-hydrogen) atoms. The number of urea groups is 1. The Balaban J connectivity index is 0.00000181. The lowest BCUT2D eigenvalue weighted by Gasteiger charge is -2.42. The van der Waals surface area contributed by atoms with Crippen molar-refractivity contribution in [1.29, 1.82) is 0 Å².